The summed E-state index contributed by atoms with van der Waals surface area (Å²) in [5, 5.41) is 8.17. The second-order valence-corrected chi connectivity index (χ2v) is 5.06. The molecule has 0 radical (unpaired) electrons. The maximum Gasteiger partial charge on any atom is 0.0669 e. The summed E-state index contributed by atoms with van der Waals surface area (Å²) in [5.74, 6) is 0. The van der Waals surface area contributed by atoms with Crippen LogP contribution in [0, 0.1) is 0 Å². The molecule has 0 aliphatic heterocycles. The van der Waals surface area contributed by atoms with E-state index in [1.165, 1.54) is 16.8 Å². The number of rotatable bonds is 8. The van der Waals surface area contributed by atoms with E-state index in [9.17, 15) is 0 Å². The van der Waals surface area contributed by atoms with Crippen LogP contribution < -0.4 is 5.32 Å². The van der Waals surface area contributed by atoms with E-state index in [0.29, 0.717) is 6.04 Å². The first-order valence-electron chi connectivity index (χ1n) is 6.98. The minimum atomic E-state index is 0.408. The molecular formula is C15H27N3. The van der Waals surface area contributed by atoms with Crippen LogP contribution in [-0.4, -0.2) is 16.3 Å². The fraction of sp³-hybridized carbons (Fsp3) is 0.667. The molecule has 0 aromatic carbocycles. The van der Waals surface area contributed by atoms with Gasteiger partial charge in [0.15, 0.2) is 0 Å². The second kappa shape index (κ2) is 7.37. The molecule has 18 heavy (non-hydrogen) atoms. The number of allylic oxidation sites excluding steroid dienone is 1. The largest absolute Gasteiger partial charge is 0.310 e. The van der Waals surface area contributed by atoms with Gasteiger partial charge in [-0.15, -0.1) is 6.58 Å². The highest BCUT2D eigenvalue weighted by molar-refractivity contribution is 5.21. The Morgan fingerprint density at radius 1 is 1.50 bits per heavy atom. The first kappa shape index (κ1) is 15.0. The summed E-state index contributed by atoms with van der Waals surface area (Å²) >= 11 is 0. The number of hydrogen-bond acceptors (Lipinski definition) is 2. The lowest BCUT2D eigenvalue weighted by molar-refractivity contribution is 0.495. The van der Waals surface area contributed by atoms with Crippen molar-refractivity contribution in [3.05, 3.63) is 29.6 Å². The Bertz CT molecular complexity index is 379. The van der Waals surface area contributed by atoms with Crippen molar-refractivity contribution in [3.8, 4) is 0 Å². The summed E-state index contributed by atoms with van der Waals surface area (Å²) in [6.07, 6.45) is 6.48. The average molecular weight is 249 g/mol. The van der Waals surface area contributed by atoms with Crippen LogP contribution in [0.4, 0.5) is 0 Å². The van der Waals surface area contributed by atoms with E-state index < -0.39 is 0 Å². The van der Waals surface area contributed by atoms with Gasteiger partial charge in [0, 0.05) is 24.8 Å². The van der Waals surface area contributed by atoms with Gasteiger partial charge >= 0.3 is 0 Å². The molecule has 0 bridgehead atoms. The number of hydrogen-bond donors (Lipinski definition) is 1. The first-order valence-corrected chi connectivity index (χ1v) is 6.98. The highest BCUT2D eigenvalue weighted by atomic mass is 15.3. The zero-order valence-electron chi connectivity index (χ0n) is 12.3. The summed E-state index contributed by atoms with van der Waals surface area (Å²) in [7, 11) is 2.00. The molecule has 0 fully saturated rings. The zero-order valence-corrected chi connectivity index (χ0v) is 12.3. The van der Waals surface area contributed by atoms with Crippen LogP contribution in [0.25, 0.3) is 0 Å². The summed E-state index contributed by atoms with van der Waals surface area (Å²) < 4.78 is 1.93. The van der Waals surface area contributed by atoms with Gasteiger partial charge in [-0.2, -0.15) is 5.10 Å². The van der Waals surface area contributed by atoms with Crippen molar-refractivity contribution in [2.45, 2.75) is 52.5 Å². The molecule has 1 aromatic heterocycles. The van der Waals surface area contributed by atoms with Crippen molar-refractivity contribution in [1.29, 1.82) is 0 Å². The van der Waals surface area contributed by atoms with Gasteiger partial charge in [-0.25, -0.2) is 0 Å². The van der Waals surface area contributed by atoms with Crippen LogP contribution in [0.15, 0.2) is 18.3 Å². The Morgan fingerprint density at radius 2 is 2.22 bits per heavy atom. The fourth-order valence-corrected chi connectivity index (χ4v) is 2.20. The summed E-state index contributed by atoms with van der Waals surface area (Å²) in [5.41, 5.74) is 3.82. The molecule has 1 N–H and O–H groups in total. The van der Waals surface area contributed by atoms with Crippen LogP contribution in [0.5, 0.6) is 0 Å². The summed E-state index contributed by atoms with van der Waals surface area (Å²) in [6.45, 7) is 11.5. The molecule has 0 aliphatic rings. The molecule has 3 nitrogen and oxygen atoms in total. The Labute approximate surface area is 111 Å². The summed E-state index contributed by atoms with van der Waals surface area (Å²) in [6, 6.07) is 0.408. The van der Waals surface area contributed by atoms with Gasteiger partial charge in [0.05, 0.1) is 5.69 Å². The number of aryl methyl sites for hydroxylation is 2. The lowest BCUT2D eigenvalue weighted by atomic mass is 9.99. The van der Waals surface area contributed by atoms with Crippen molar-refractivity contribution < 1.29 is 0 Å². The maximum absolute atomic E-state index is 4.54. The standard InChI is InChI=1S/C15H27N3/c1-6-10-16-15(9-8-12(3)4)13-11-18(5)17-14(13)7-2/h11,15-16H,3,6-10H2,1-2,4-5H3. The molecule has 3 heteroatoms. The molecule has 1 rings (SSSR count). The minimum Gasteiger partial charge on any atom is -0.310 e. The van der Waals surface area contributed by atoms with Crippen molar-refractivity contribution in [2.24, 2.45) is 7.05 Å². The van der Waals surface area contributed by atoms with Gasteiger partial charge in [-0.1, -0.05) is 19.4 Å². The van der Waals surface area contributed by atoms with Gasteiger partial charge < -0.3 is 5.32 Å². The van der Waals surface area contributed by atoms with Gasteiger partial charge in [-0.05, 0) is 39.2 Å². The smallest absolute Gasteiger partial charge is 0.0669 e. The second-order valence-electron chi connectivity index (χ2n) is 5.06. The van der Waals surface area contributed by atoms with E-state index in [4.69, 9.17) is 0 Å². The van der Waals surface area contributed by atoms with E-state index in [2.05, 4.69) is 44.0 Å². The molecule has 0 aliphatic carbocycles. The van der Waals surface area contributed by atoms with Crippen LogP contribution in [-0.2, 0) is 13.5 Å². The number of aromatic nitrogens is 2. The lowest BCUT2D eigenvalue weighted by Crippen LogP contribution is -2.22. The zero-order chi connectivity index (χ0) is 13.5. The van der Waals surface area contributed by atoms with E-state index in [-0.39, 0.29) is 0 Å². The molecular weight excluding hydrogens is 222 g/mol. The molecule has 1 heterocycles. The average Bonchev–Trinajstić information content (AvgIpc) is 2.70. The lowest BCUT2D eigenvalue weighted by Gasteiger charge is -2.18. The van der Waals surface area contributed by atoms with E-state index in [1.807, 2.05) is 11.7 Å². The molecule has 1 atom stereocenters. The van der Waals surface area contributed by atoms with E-state index in [0.717, 1.165) is 32.2 Å². The van der Waals surface area contributed by atoms with Gasteiger partial charge in [0.1, 0.15) is 0 Å². The fourth-order valence-electron chi connectivity index (χ4n) is 2.20. The highest BCUT2D eigenvalue weighted by Gasteiger charge is 2.16. The Hall–Kier alpha value is -1.09. The summed E-state index contributed by atoms with van der Waals surface area (Å²) in [4.78, 5) is 0. The first-order chi connectivity index (χ1) is 8.58. The van der Waals surface area contributed by atoms with Crippen molar-refractivity contribution in [3.63, 3.8) is 0 Å². The van der Waals surface area contributed by atoms with Gasteiger partial charge in [0.2, 0.25) is 0 Å². The molecule has 0 spiro atoms. The van der Waals surface area contributed by atoms with Gasteiger partial charge in [-0.3, -0.25) is 4.68 Å². The SMILES string of the molecule is C=C(C)CCC(NCCC)c1cn(C)nc1CC. The van der Waals surface area contributed by atoms with E-state index in [1.54, 1.807) is 0 Å². The van der Waals surface area contributed by atoms with Crippen molar-refractivity contribution in [2.75, 3.05) is 6.54 Å². The normalized spacial score (nSPS) is 12.7. The van der Waals surface area contributed by atoms with Crippen LogP contribution in [0.2, 0.25) is 0 Å². The topological polar surface area (TPSA) is 29.9 Å². The molecule has 1 aromatic rings. The molecule has 0 amide bonds. The van der Waals surface area contributed by atoms with Crippen molar-refractivity contribution >= 4 is 0 Å². The quantitative estimate of drug-likeness (QED) is 0.716. The Morgan fingerprint density at radius 3 is 2.78 bits per heavy atom. The van der Waals surface area contributed by atoms with Crippen LogP contribution in [0.1, 0.15) is 57.3 Å². The predicted molar refractivity (Wildman–Crippen MR) is 77.7 cm³/mol. The Kier molecular flexibility index (Phi) is 6.13. The van der Waals surface area contributed by atoms with Gasteiger partial charge in [0.25, 0.3) is 0 Å². The third-order valence-corrected chi connectivity index (χ3v) is 3.15. The molecule has 0 saturated carbocycles. The molecule has 102 valence electrons. The third kappa shape index (κ3) is 4.30. The number of nitrogens with one attached hydrogen (secondary N) is 1. The third-order valence-electron chi connectivity index (χ3n) is 3.15. The highest BCUT2D eigenvalue weighted by Crippen LogP contribution is 2.23. The minimum absolute atomic E-state index is 0.408. The monoisotopic (exact) mass is 249 g/mol. The number of nitrogens with zero attached hydrogens (tertiary/aromatic N) is 2. The maximum atomic E-state index is 4.54. The predicted octanol–water partition coefficient (Wildman–Crippen LogP) is 3.38. The van der Waals surface area contributed by atoms with Crippen LogP contribution >= 0.6 is 0 Å². The molecule has 0 saturated heterocycles. The van der Waals surface area contributed by atoms with Crippen molar-refractivity contribution in [1.82, 2.24) is 15.1 Å². The Balaban J connectivity index is 2.81. The molecule has 1 unspecified atom stereocenters. The van der Waals surface area contributed by atoms with E-state index >= 15 is 0 Å². The van der Waals surface area contributed by atoms with Crippen LogP contribution in [0.3, 0.4) is 0 Å².